The fourth-order valence-corrected chi connectivity index (χ4v) is 4.57. The Bertz CT molecular complexity index is 734. The minimum atomic E-state index is -3.57. The van der Waals surface area contributed by atoms with Gasteiger partial charge in [-0.05, 0) is 30.0 Å². The molecule has 0 N–H and O–H groups in total. The number of halogens is 1. The van der Waals surface area contributed by atoms with E-state index in [1.54, 1.807) is 6.07 Å². The lowest BCUT2D eigenvalue weighted by molar-refractivity contribution is 0.472. The predicted molar refractivity (Wildman–Crippen MR) is 81.8 cm³/mol. The molecule has 1 fully saturated rings. The van der Waals surface area contributed by atoms with E-state index in [0.29, 0.717) is 13.1 Å². The normalized spacial score (nSPS) is 19.8. The van der Waals surface area contributed by atoms with Crippen molar-refractivity contribution in [1.29, 1.82) is 0 Å². The molecule has 2 aromatic rings. The molecule has 3 rings (SSSR count). The van der Waals surface area contributed by atoms with Gasteiger partial charge >= 0.3 is 0 Å². The van der Waals surface area contributed by atoms with Gasteiger partial charge in [0.1, 0.15) is 10.0 Å². The van der Waals surface area contributed by atoms with Crippen molar-refractivity contribution in [2.75, 3.05) is 13.1 Å². The molecule has 0 radical (unpaired) electrons. The van der Waals surface area contributed by atoms with Gasteiger partial charge in [0, 0.05) is 19.3 Å². The second-order valence-corrected chi connectivity index (χ2v) is 7.32. The van der Waals surface area contributed by atoms with Gasteiger partial charge in [0.05, 0.1) is 0 Å². The topological polar surface area (TPSA) is 50.3 Å². The number of hydrogen-bond donors (Lipinski definition) is 0. The largest absolute Gasteiger partial charge is 0.246 e. The molecule has 1 aliphatic rings. The molecule has 1 aromatic heterocycles. The highest BCUT2D eigenvalue weighted by Gasteiger charge is 2.34. The summed E-state index contributed by atoms with van der Waals surface area (Å²) in [6, 6.07) is 13.1. The minimum absolute atomic E-state index is 0.0284. The van der Waals surface area contributed by atoms with Crippen molar-refractivity contribution < 1.29 is 8.42 Å². The van der Waals surface area contributed by atoms with E-state index in [1.807, 2.05) is 30.3 Å². The molecule has 21 heavy (non-hydrogen) atoms. The minimum Gasteiger partial charge on any atom is -0.243 e. The first-order valence-electron chi connectivity index (χ1n) is 6.74. The summed E-state index contributed by atoms with van der Waals surface area (Å²) in [7, 11) is -3.57. The molecule has 1 aliphatic heterocycles. The van der Waals surface area contributed by atoms with Crippen molar-refractivity contribution in [2.24, 2.45) is 0 Å². The highest BCUT2D eigenvalue weighted by Crippen LogP contribution is 2.32. The van der Waals surface area contributed by atoms with Gasteiger partial charge in [-0.3, -0.25) is 0 Å². The Labute approximate surface area is 129 Å². The van der Waals surface area contributed by atoms with Crippen molar-refractivity contribution in [3.05, 3.63) is 59.4 Å². The maximum atomic E-state index is 12.6. The molecule has 0 spiro atoms. The number of rotatable bonds is 3. The maximum absolute atomic E-state index is 12.6. The van der Waals surface area contributed by atoms with Crippen molar-refractivity contribution in [3.63, 3.8) is 0 Å². The van der Waals surface area contributed by atoms with Crippen LogP contribution < -0.4 is 0 Å². The SMILES string of the molecule is O=S(=O)(c1cccnc1Cl)N1CCC(c2ccccc2)C1. The number of benzene rings is 1. The van der Waals surface area contributed by atoms with Crippen LogP contribution in [0.4, 0.5) is 0 Å². The van der Waals surface area contributed by atoms with Crippen molar-refractivity contribution in [1.82, 2.24) is 9.29 Å². The van der Waals surface area contributed by atoms with Crippen LogP contribution in [0.2, 0.25) is 5.15 Å². The number of hydrogen-bond acceptors (Lipinski definition) is 3. The lowest BCUT2D eigenvalue weighted by Gasteiger charge is -2.17. The Morgan fingerprint density at radius 1 is 1.14 bits per heavy atom. The summed E-state index contributed by atoms with van der Waals surface area (Å²) in [5.41, 5.74) is 1.17. The molecule has 0 bridgehead atoms. The Morgan fingerprint density at radius 3 is 2.62 bits per heavy atom. The van der Waals surface area contributed by atoms with E-state index in [9.17, 15) is 8.42 Å². The first-order chi connectivity index (χ1) is 10.1. The standard InChI is InChI=1S/C15H15ClN2O2S/c16-15-14(7-4-9-17-15)21(19,20)18-10-8-13(11-18)12-5-2-1-3-6-12/h1-7,9,13H,8,10-11H2. The lowest BCUT2D eigenvalue weighted by atomic mass is 9.99. The van der Waals surface area contributed by atoms with Crippen molar-refractivity contribution in [2.45, 2.75) is 17.2 Å². The molecular formula is C15H15ClN2O2S. The van der Waals surface area contributed by atoms with E-state index < -0.39 is 10.0 Å². The van der Waals surface area contributed by atoms with Gasteiger partial charge < -0.3 is 0 Å². The van der Waals surface area contributed by atoms with Crippen LogP contribution in [0.15, 0.2) is 53.6 Å². The molecular weight excluding hydrogens is 308 g/mol. The third kappa shape index (κ3) is 2.81. The zero-order valence-electron chi connectivity index (χ0n) is 11.3. The van der Waals surface area contributed by atoms with Crippen LogP contribution in [0.5, 0.6) is 0 Å². The van der Waals surface area contributed by atoms with Crippen LogP contribution >= 0.6 is 11.6 Å². The van der Waals surface area contributed by atoms with E-state index in [1.165, 1.54) is 22.1 Å². The fourth-order valence-electron chi connectivity index (χ4n) is 2.65. The Kier molecular flexibility index (Phi) is 3.97. The molecule has 0 amide bonds. The molecule has 0 saturated carbocycles. The zero-order chi connectivity index (χ0) is 14.9. The summed E-state index contributed by atoms with van der Waals surface area (Å²) in [6.45, 7) is 0.991. The second-order valence-electron chi connectivity index (χ2n) is 5.05. The monoisotopic (exact) mass is 322 g/mol. The van der Waals surface area contributed by atoms with E-state index >= 15 is 0 Å². The maximum Gasteiger partial charge on any atom is 0.246 e. The highest BCUT2D eigenvalue weighted by atomic mass is 35.5. The molecule has 4 nitrogen and oxygen atoms in total. The summed E-state index contributed by atoms with van der Waals surface area (Å²) in [6.07, 6.45) is 2.30. The Hall–Kier alpha value is -1.43. The molecule has 1 aromatic carbocycles. The molecule has 1 atom stereocenters. The summed E-state index contributed by atoms with van der Waals surface area (Å²) < 4.78 is 26.8. The number of aromatic nitrogens is 1. The van der Waals surface area contributed by atoms with Crippen LogP contribution in [0, 0.1) is 0 Å². The summed E-state index contributed by atoms with van der Waals surface area (Å²) >= 11 is 5.92. The fraction of sp³-hybridized carbons (Fsp3) is 0.267. The quantitative estimate of drug-likeness (QED) is 0.816. The molecule has 1 saturated heterocycles. The van der Waals surface area contributed by atoms with E-state index in [-0.39, 0.29) is 16.0 Å². The van der Waals surface area contributed by atoms with Gasteiger partial charge in [0.25, 0.3) is 0 Å². The van der Waals surface area contributed by atoms with E-state index in [2.05, 4.69) is 4.98 Å². The molecule has 1 unspecified atom stereocenters. The van der Waals surface area contributed by atoms with Gasteiger partial charge in [-0.1, -0.05) is 41.9 Å². The Balaban J connectivity index is 1.85. The molecule has 0 aliphatic carbocycles. The van der Waals surface area contributed by atoms with Gasteiger partial charge in [-0.15, -0.1) is 0 Å². The Morgan fingerprint density at radius 2 is 1.90 bits per heavy atom. The molecule has 2 heterocycles. The van der Waals surface area contributed by atoms with E-state index in [4.69, 9.17) is 11.6 Å². The van der Waals surface area contributed by atoms with Crippen molar-refractivity contribution in [3.8, 4) is 0 Å². The molecule has 110 valence electrons. The average molecular weight is 323 g/mol. The van der Waals surface area contributed by atoms with Crippen LogP contribution in [-0.4, -0.2) is 30.8 Å². The second kappa shape index (κ2) is 5.75. The molecule has 6 heteroatoms. The zero-order valence-corrected chi connectivity index (χ0v) is 12.9. The first kappa shape index (κ1) is 14.5. The van der Waals surface area contributed by atoms with Gasteiger partial charge in [-0.25, -0.2) is 13.4 Å². The number of sulfonamides is 1. The van der Waals surface area contributed by atoms with Crippen LogP contribution in [0.1, 0.15) is 17.9 Å². The smallest absolute Gasteiger partial charge is 0.243 e. The van der Waals surface area contributed by atoms with Crippen LogP contribution in [0.25, 0.3) is 0 Å². The van der Waals surface area contributed by atoms with E-state index in [0.717, 1.165) is 6.42 Å². The first-order valence-corrected chi connectivity index (χ1v) is 8.56. The summed E-state index contributed by atoms with van der Waals surface area (Å²) in [5.74, 6) is 0.233. The number of pyridine rings is 1. The third-order valence-electron chi connectivity index (χ3n) is 3.76. The van der Waals surface area contributed by atoms with Gasteiger partial charge in [-0.2, -0.15) is 4.31 Å². The summed E-state index contributed by atoms with van der Waals surface area (Å²) in [5, 5.41) is 0.0284. The van der Waals surface area contributed by atoms with Gasteiger partial charge in [0.2, 0.25) is 10.0 Å². The van der Waals surface area contributed by atoms with Gasteiger partial charge in [0.15, 0.2) is 0 Å². The highest BCUT2D eigenvalue weighted by molar-refractivity contribution is 7.89. The van der Waals surface area contributed by atoms with Crippen LogP contribution in [-0.2, 0) is 10.0 Å². The van der Waals surface area contributed by atoms with Crippen LogP contribution in [0.3, 0.4) is 0 Å². The lowest BCUT2D eigenvalue weighted by Crippen LogP contribution is -2.29. The van der Waals surface area contributed by atoms with Crippen molar-refractivity contribution >= 4 is 21.6 Å². The average Bonchev–Trinajstić information content (AvgIpc) is 2.99. The third-order valence-corrected chi connectivity index (χ3v) is 6.07. The predicted octanol–water partition coefficient (Wildman–Crippen LogP) is 2.91. The summed E-state index contributed by atoms with van der Waals surface area (Å²) in [4.78, 5) is 3.94. The number of nitrogens with zero attached hydrogens (tertiary/aromatic N) is 2.